The zero-order valence-electron chi connectivity index (χ0n) is 10.9. The van der Waals surface area contributed by atoms with E-state index in [1.165, 1.54) is 0 Å². The summed E-state index contributed by atoms with van der Waals surface area (Å²) in [6.45, 7) is 1.25. The summed E-state index contributed by atoms with van der Waals surface area (Å²) in [6.07, 6.45) is 2.63. The highest BCUT2D eigenvalue weighted by molar-refractivity contribution is 5.80. The summed E-state index contributed by atoms with van der Waals surface area (Å²) < 4.78 is 5.17. The standard InChI is InChI=1S/C13H21NO5/c15-11(9-1-2-10(7-9)12(16)17)14-8-13(18)3-5-19-6-4-13/h9-10,18H,1-8H2,(H,14,15)(H,16,17)/t9-,10+/m1/s1. The van der Waals surface area contributed by atoms with Crippen LogP contribution < -0.4 is 5.32 Å². The lowest BCUT2D eigenvalue weighted by atomic mass is 9.94. The molecule has 108 valence electrons. The normalized spacial score (nSPS) is 29.9. The van der Waals surface area contributed by atoms with E-state index in [4.69, 9.17) is 9.84 Å². The third-order valence-electron chi connectivity index (χ3n) is 4.17. The van der Waals surface area contributed by atoms with Gasteiger partial charge in [0.2, 0.25) is 5.91 Å². The summed E-state index contributed by atoms with van der Waals surface area (Å²) in [6, 6.07) is 0. The number of carboxylic acid groups (broad SMARTS) is 1. The molecule has 3 N–H and O–H groups in total. The summed E-state index contributed by atoms with van der Waals surface area (Å²) in [7, 11) is 0. The van der Waals surface area contributed by atoms with Gasteiger partial charge in [-0.15, -0.1) is 0 Å². The Hall–Kier alpha value is -1.14. The Balaban J connectivity index is 1.77. The van der Waals surface area contributed by atoms with Crippen LogP contribution in [0.1, 0.15) is 32.1 Å². The molecule has 0 radical (unpaired) electrons. The predicted molar refractivity (Wildman–Crippen MR) is 66.5 cm³/mol. The molecule has 0 bridgehead atoms. The molecule has 6 nitrogen and oxygen atoms in total. The molecule has 19 heavy (non-hydrogen) atoms. The number of hydrogen-bond acceptors (Lipinski definition) is 4. The average Bonchev–Trinajstić information content (AvgIpc) is 2.87. The molecule has 1 aliphatic carbocycles. The second-order valence-corrected chi connectivity index (χ2v) is 5.60. The van der Waals surface area contributed by atoms with E-state index in [1.807, 2.05) is 0 Å². The molecule has 1 saturated heterocycles. The second kappa shape index (κ2) is 5.88. The number of aliphatic carboxylic acids is 1. The molecule has 2 atom stereocenters. The fraction of sp³-hybridized carbons (Fsp3) is 0.846. The zero-order valence-corrected chi connectivity index (χ0v) is 10.9. The van der Waals surface area contributed by atoms with E-state index >= 15 is 0 Å². The number of ether oxygens (including phenoxy) is 1. The Kier molecular flexibility index (Phi) is 4.42. The van der Waals surface area contributed by atoms with Crippen molar-refractivity contribution in [3.8, 4) is 0 Å². The van der Waals surface area contributed by atoms with E-state index in [9.17, 15) is 14.7 Å². The average molecular weight is 271 g/mol. The Morgan fingerprint density at radius 1 is 1.21 bits per heavy atom. The quantitative estimate of drug-likeness (QED) is 0.676. The maximum atomic E-state index is 12.0. The van der Waals surface area contributed by atoms with Crippen molar-refractivity contribution in [2.75, 3.05) is 19.8 Å². The monoisotopic (exact) mass is 271 g/mol. The number of carbonyl (C=O) groups is 2. The molecule has 6 heteroatoms. The number of aliphatic hydroxyl groups is 1. The van der Waals surface area contributed by atoms with E-state index in [-0.39, 0.29) is 18.4 Å². The van der Waals surface area contributed by atoms with Gasteiger partial charge in [-0.3, -0.25) is 9.59 Å². The molecule has 1 saturated carbocycles. The van der Waals surface area contributed by atoms with Crippen LogP contribution in [-0.4, -0.2) is 47.4 Å². The number of amides is 1. The van der Waals surface area contributed by atoms with Crippen molar-refractivity contribution in [3.63, 3.8) is 0 Å². The summed E-state index contributed by atoms with van der Waals surface area (Å²) in [5.41, 5.74) is -0.876. The number of carbonyl (C=O) groups excluding carboxylic acids is 1. The minimum atomic E-state index is -0.876. The molecule has 0 aromatic heterocycles. The largest absolute Gasteiger partial charge is 0.481 e. The molecular formula is C13H21NO5. The van der Waals surface area contributed by atoms with Crippen LogP contribution >= 0.6 is 0 Å². The molecule has 0 aromatic rings. The zero-order chi connectivity index (χ0) is 13.9. The molecule has 0 spiro atoms. The first-order valence-electron chi connectivity index (χ1n) is 6.81. The van der Waals surface area contributed by atoms with Crippen molar-refractivity contribution in [1.29, 1.82) is 0 Å². The maximum absolute atomic E-state index is 12.0. The SMILES string of the molecule is O=C(O)[C@H]1CC[C@@H](C(=O)NCC2(O)CCOCC2)C1. The molecule has 2 rings (SSSR count). The van der Waals surface area contributed by atoms with Gasteiger partial charge in [0.15, 0.2) is 0 Å². The lowest BCUT2D eigenvalue weighted by molar-refractivity contribution is -0.141. The van der Waals surface area contributed by atoms with Gasteiger partial charge in [-0.1, -0.05) is 0 Å². The van der Waals surface area contributed by atoms with Gasteiger partial charge in [0.25, 0.3) is 0 Å². The highest BCUT2D eigenvalue weighted by atomic mass is 16.5. The van der Waals surface area contributed by atoms with Crippen LogP contribution in [0, 0.1) is 11.8 Å². The Bertz CT molecular complexity index is 351. The van der Waals surface area contributed by atoms with Gasteiger partial charge in [-0.25, -0.2) is 0 Å². The Morgan fingerprint density at radius 3 is 2.42 bits per heavy atom. The molecule has 1 aliphatic heterocycles. The van der Waals surface area contributed by atoms with Crippen molar-refractivity contribution in [3.05, 3.63) is 0 Å². The predicted octanol–water partition coefficient (Wildman–Crippen LogP) is 0.145. The van der Waals surface area contributed by atoms with Gasteiger partial charge in [0.05, 0.1) is 11.5 Å². The van der Waals surface area contributed by atoms with Crippen LogP contribution in [0.4, 0.5) is 0 Å². The first-order valence-corrected chi connectivity index (χ1v) is 6.81. The van der Waals surface area contributed by atoms with Gasteiger partial charge in [-0.2, -0.15) is 0 Å². The Labute approximate surface area is 112 Å². The van der Waals surface area contributed by atoms with Gasteiger partial charge >= 0.3 is 5.97 Å². The minimum absolute atomic E-state index is 0.135. The molecule has 2 fully saturated rings. The van der Waals surface area contributed by atoms with E-state index in [2.05, 4.69) is 5.32 Å². The van der Waals surface area contributed by atoms with E-state index < -0.39 is 17.5 Å². The first kappa shape index (κ1) is 14.3. The summed E-state index contributed by atoms with van der Waals surface area (Å²) in [5.74, 6) is -1.59. The van der Waals surface area contributed by atoms with Crippen molar-refractivity contribution in [1.82, 2.24) is 5.32 Å². The molecule has 1 amide bonds. The molecule has 0 unspecified atom stereocenters. The van der Waals surface area contributed by atoms with Crippen LogP contribution in [0.5, 0.6) is 0 Å². The van der Waals surface area contributed by atoms with Crippen LogP contribution in [0.15, 0.2) is 0 Å². The van der Waals surface area contributed by atoms with Crippen molar-refractivity contribution < 1.29 is 24.5 Å². The van der Waals surface area contributed by atoms with Gasteiger partial charge in [-0.05, 0) is 19.3 Å². The van der Waals surface area contributed by atoms with E-state index in [0.717, 1.165) is 0 Å². The topological polar surface area (TPSA) is 95.9 Å². The lowest BCUT2D eigenvalue weighted by Crippen LogP contribution is -2.47. The first-order chi connectivity index (χ1) is 9.00. The third-order valence-corrected chi connectivity index (χ3v) is 4.17. The molecular weight excluding hydrogens is 250 g/mol. The van der Waals surface area contributed by atoms with Crippen LogP contribution in [0.3, 0.4) is 0 Å². The van der Waals surface area contributed by atoms with Crippen molar-refractivity contribution in [2.24, 2.45) is 11.8 Å². The van der Waals surface area contributed by atoms with E-state index in [1.54, 1.807) is 0 Å². The summed E-state index contributed by atoms with van der Waals surface area (Å²) >= 11 is 0. The van der Waals surface area contributed by atoms with E-state index in [0.29, 0.717) is 45.3 Å². The number of rotatable bonds is 4. The second-order valence-electron chi connectivity index (χ2n) is 5.60. The fourth-order valence-electron chi connectivity index (χ4n) is 2.77. The Morgan fingerprint density at radius 2 is 1.84 bits per heavy atom. The number of nitrogens with one attached hydrogen (secondary N) is 1. The molecule has 2 aliphatic rings. The third kappa shape index (κ3) is 3.67. The van der Waals surface area contributed by atoms with Gasteiger partial charge < -0.3 is 20.3 Å². The van der Waals surface area contributed by atoms with Gasteiger partial charge in [0, 0.05) is 38.5 Å². The van der Waals surface area contributed by atoms with Crippen molar-refractivity contribution in [2.45, 2.75) is 37.7 Å². The smallest absolute Gasteiger partial charge is 0.306 e. The maximum Gasteiger partial charge on any atom is 0.306 e. The molecule has 1 heterocycles. The summed E-state index contributed by atoms with van der Waals surface area (Å²) in [5, 5.41) is 21.9. The van der Waals surface area contributed by atoms with Crippen molar-refractivity contribution >= 4 is 11.9 Å². The number of carboxylic acids is 1. The highest BCUT2D eigenvalue weighted by Gasteiger charge is 2.35. The highest BCUT2D eigenvalue weighted by Crippen LogP contribution is 2.31. The van der Waals surface area contributed by atoms with Crippen LogP contribution in [0.25, 0.3) is 0 Å². The van der Waals surface area contributed by atoms with Crippen LogP contribution in [-0.2, 0) is 14.3 Å². The molecule has 0 aromatic carbocycles. The minimum Gasteiger partial charge on any atom is -0.481 e. The summed E-state index contributed by atoms with van der Waals surface area (Å²) in [4.78, 5) is 22.8. The lowest BCUT2D eigenvalue weighted by Gasteiger charge is -2.32. The van der Waals surface area contributed by atoms with Crippen LogP contribution in [0.2, 0.25) is 0 Å². The number of hydrogen-bond donors (Lipinski definition) is 3. The van der Waals surface area contributed by atoms with Gasteiger partial charge in [0.1, 0.15) is 0 Å². The fourth-order valence-corrected chi connectivity index (χ4v) is 2.77.